The molecule has 0 aliphatic heterocycles. The highest BCUT2D eigenvalue weighted by atomic mass is 35.5. The van der Waals surface area contributed by atoms with Gasteiger partial charge in [-0.05, 0) is 42.0 Å². The number of halogens is 1. The standard InChI is InChI=1S/C20H22ClN3O3/c1-25-11-12-26-18-4-2-3-15(13-18)14-22-10-9-19-23-20(24-27-19)16-5-7-17(21)8-6-16/h2-8,13,22H,9-12,14H2,1H3. The van der Waals surface area contributed by atoms with E-state index in [1.165, 1.54) is 0 Å². The molecule has 0 aliphatic rings. The summed E-state index contributed by atoms with van der Waals surface area (Å²) in [5.74, 6) is 2.02. The van der Waals surface area contributed by atoms with Gasteiger partial charge in [0.2, 0.25) is 11.7 Å². The smallest absolute Gasteiger partial charge is 0.228 e. The molecule has 0 fully saturated rings. The van der Waals surface area contributed by atoms with Crippen molar-refractivity contribution in [3.63, 3.8) is 0 Å². The zero-order valence-electron chi connectivity index (χ0n) is 15.2. The van der Waals surface area contributed by atoms with Crippen LogP contribution < -0.4 is 10.1 Å². The molecule has 1 N–H and O–H groups in total. The number of methoxy groups -OCH3 is 1. The molecule has 142 valence electrons. The fourth-order valence-corrected chi connectivity index (χ4v) is 2.61. The molecule has 0 saturated heterocycles. The highest BCUT2D eigenvalue weighted by Gasteiger charge is 2.08. The number of hydrogen-bond donors (Lipinski definition) is 1. The molecule has 0 amide bonds. The number of benzene rings is 2. The van der Waals surface area contributed by atoms with Crippen LogP contribution in [0.4, 0.5) is 0 Å². The van der Waals surface area contributed by atoms with Gasteiger partial charge >= 0.3 is 0 Å². The minimum absolute atomic E-state index is 0.542. The van der Waals surface area contributed by atoms with E-state index in [0.29, 0.717) is 36.4 Å². The molecule has 0 saturated carbocycles. The van der Waals surface area contributed by atoms with Crippen molar-refractivity contribution in [2.45, 2.75) is 13.0 Å². The van der Waals surface area contributed by atoms with Gasteiger partial charge in [0.25, 0.3) is 0 Å². The van der Waals surface area contributed by atoms with Gasteiger partial charge in [0.15, 0.2) is 0 Å². The highest BCUT2D eigenvalue weighted by molar-refractivity contribution is 6.30. The van der Waals surface area contributed by atoms with Gasteiger partial charge in [-0.3, -0.25) is 0 Å². The van der Waals surface area contributed by atoms with Crippen LogP contribution >= 0.6 is 11.6 Å². The van der Waals surface area contributed by atoms with Crippen molar-refractivity contribution >= 4 is 11.6 Å². The summed E-state index contributed by atoms with van der Waals surface area (Å²) in [5.41, 5.74) is 2.03. The zero-order chi connectivity index (χ0) is 18.9. The van der Waals surface area contributed by atoms with Crippen LogP contribution in [0.15, 0.2) is 53.1 Å². The minimum Gasteiger partial charge on any atom is -0.491 e. The van der Waals surface area contributed by atoms with Crippen LogP contribution in [0.25, 0.3) is 11.4 Å². The summed E-state index contributed by atoms with van der Waals surface area (Å²) >= 11 is 5.89. The third-order valence-electron chi connectivity index (χ3n) is 3.87. The normalized spacial score (nSPS) is 10.9. The lowest BCUT2D eigenvalue weighted by Crippen LogP contribution is -2.16. The van der Waals surface area contributed by atoms with Gasteiger partial charge in [0.05, 0.1) is 6.61 Å². The molecule has 2 aromatic carbocycles. The van der Waals surface area contributed by atoms with E-state index in [9.17, 15) is 0 Å². The van der Waals surface area contributed by atoms with E-state index in [-0.39, 0.29) is 0 Å². The minimum atomic E-state index is 0.542. The molecule has 6 nitrogen and oxygen atoms in total. The van der Waals surface area contributed by atoms with E-state index in [4.69, 9.17) is 25.6 Å². The van der Waals surface area contributed by atoms with Gasteiger partial charge in [-0.2, -0.15) is 4.98 Å². The van der Waals surface area contributed by atoms with Gasteiger partial charge in [0.1, 0.15) is 12.4 Å². The van der Waals surface area contributed by atoms with Gasteiger partial charge in [-0.1, -0.05) is 28.9 Å². The maximum Gasteiger partial charge on any atom is 0.228 e. The lowest BCUT2D eigenvalue weighted by atomic mass is 10.2. The molecular weight excluding hydrogens is 366 g/mol. The van der Waals surface area contributed by atoms with E-state index in [1.54, 1.807) is 7.11 Å². The fraction of sp³-hybridized carbons (Fsp3) is 0.300. The average Bonchev–Trinajstić information content (AvgIpc) is 3.15. The second-order valence-electron chi connectivity index (χ2n) is 5.93. The van der Waals surface area contributed by atoms with E-state index in [0.717, 1.165) is 30.0 Å². The van der Waals surface area contributed by atoms with Crippen LogP contribution in [-0.4, -0.2) is 37.0 Å². The summed E-state index contributed by atoms with van der Waals surface area (Å²) in [6.45, 7) is 2.59. The second kappa shape index (κ2) is 10.1. The topological polar surface area (TPSA) is 69.4 Å². The quantitative estimate of drug-likeness (QED) is 0.534. The Morgan fingerprint density at radius 1 is 1.11 bits per heavy atom. The Bertz CT molecular complexity index is 836. The lowest BCUT2D eigenvalue weighted by molar-refractivity contribution is 0.146. The Balaban J connectivity index is 1.44. The van der Waals surface area contributed by atoms with Crippen molar-refractivity contribution < 1.29 is 14.0 Å². The van der Waals surface area contributed by atoms with Gasteiger partial charge in [-0.25, -0.2) is 0 Å². The van der Waals surface area contributed by atoms with Crippen molar-refractivity contribution in [3.8, 4) is 17.1 Å². The first kappa shape index (κ1) is 19.4. The predicted molar refractivity (Wildman–Crippen MR) is 104 cm³/mol. The van der Waals surface area contributed by atoms with Crippen LogP contribution in [0.2, 0.25) is 5.02 Å². The van der Waals surface area contributed by atoms with Crippen LogP contribution in [-0.2, 0) is 17.7 Å². The van der Waals surface area contributed by atoms with Crippen molar-refractivity contribution in [1.82, 2.24) is 15.5 Å². The Kier molecular flexibility index (Phi) is 7.21. The van der Waals surface area contributed by atoms with Crippen molar-refractivity contribution in [2.75, 3.05) is 26.9 Å². The van der Waals surface area contributed by atoms with E-state index < -0.39 is 0 Å². The molecule has 7 heteroatoms. The molecule has 3 aromatic rings. The summed E-state index contributed by atoms with van der Waals surface area (Å²) in [4.78, 5) is 4.42. The molecule has 0 aliphatic carbocycles. The molecule has 0 unspecified atom stereocenters. The SMILES string of the molecule is COCCOc1cccc(CNCCc2nc(-c3ccc(Cl)cc3)no2)c1. The maximum absolute atomic E-state index is 5.89. The summed E-state index contributed by atoms with van der Waals surface area (Å²) in [6, 6.07) is 15.4. The van der Waals surface area contributed by atoms with Crippen LogP contribution in [0.5, 0.6) is 5.75 Å². The summed E-state index contributed by atoms with van der Waals surface area (Å²) < 4.78 is 15.9. The molecule has 3 rings (SSSR count). The van der Waals surface area contributed by atoms with Crippen LogP contribution in [0, 0.1) is 0 Å². The number of rotatable bonds is 10. The first-order valence-corrected chi connectivity index (χ1v) is 9.12. The number of aromatic nitrogens is 2. The van der Waals surface area contributed by atoms with Gasteiger partial charge in [0, 0.05) is 37.2 Å². The third kappa shape index (κ3) is 6.06. The van der Waals surface area contributed by atoms with Crippen molar-refractivity contribution in [2.24, 2.45) is 0 Å². The molecule has 1 heterocycles. The third-order valence-corrected chi connectivity index (χ3v) is 4.12. The molecule has 0 atom stereocenters. The van der Waals surface area contributed by atoms with E-state index in [1.807, 2.05) is 42.5 Å². The first-order chi connectivity index (χ1) is 13.2. The molecule has 0 spiro atoms. The molecule has 0 radical (unpaired) electrons. The second-order valence-corrected chi connectivity index (χ2v) is 6.37. The number of nitrogens with zero attached hydrogens (tertiary/aromatic N) is 2. The summed E-state index contributed by atoms with van der Waals surface area (Å²) in [6.07, 6.45) is 0.657. The van der Waals surface area contributed by atoms with Crippen molar-refractivity contribution in [3.05, 3.63) is 65.0 Å². The largest absolute Gasteiger partial charge is 0.491 e. The van der Waals surface area contributed by atoms with Gasteiger partial charge in [-0.15, -0.1) is 0 Å². The van der Waals surface area contributed by atoms with Crippen molar-refractivity contribution in [1.29, 1.82) is 0 Å². The van der Waals surface area contributed by atoms with E-state index >= 15 is 0 Å². The summed E-state index contributed by atoms with van der Waals surface area (Å²) in [7, 11) is 1.66. The van der Waals surface area contributed by atoms with Crippen LogP contribution in [0.1, 0.15) is 11.5 Å². The van der Waals surface area contributed by atoms with Gasteiger partial charge < -0.3 is 19.3 Å². The number of nitrogens with one attached hydrogen (secondary N) is 1. The average molecular weight is 388 g/mol. The Morgan fingerprint density at radius 3 is 2.78 bits per heavy atom. The summed E-state index contributed by atoms with van der Waals surface area (Å²) in [5, 5.41) is 8.07. The van der Waals surface area contributed by atoms with Crippen LogP contribution in [0.3, 0.4) is 0 Å². The Morgan fingerprint density at radius 2 is 1.96 bits per heavy atom. The fourth-order valence-electron chi connectivity index (χ4n) is 2.49. The maximum atomic E-state index is 5.89. The molecular formula is C20H22ClN3O3. The highest BCUT2D eigenvalue weighted by Crippen LogP contribution is 2.18. The molecule has 0 bridgehead atoms. The Labute approximate surface area is 163 Å². The predicted octanol–water partition coefficient (Wildman–Crippen LogP) is 3.75. The number of ether oxygens (including phenoxy) is 2. The zero-order valence-corrected chi connectivity index (χ0v) is 15.9. The van der Waals surface area contributed by atoms with E-state index in [2.05, 4.69) is 21.5 Å². The molecule has 27 heavy (non-hydrogen) atoms. The lowest BCUT2D eigenvalue weighted by Gasteiger charge is -2.08. The first-order valence-electron chi connectivity index (χ1n) is 8.74. The number of hydrogen-bond acceptors (Lipinski definition) is 6. The molecule has 1 aromatic heterocycles. The monoisotopic (exact) mass is 387 g/mol. The Hall–Kier alpha value is -2.41.